The maximum absolute atomic E-state index is 5.91. The summed E-state index contributed by atoms with van der Waals surface area (Å²) in [6, 6.07) is 12.3. The first kappa shape index (κ1) is 17.4. The van der Waals surface area contributed by atoms with Crippen LogP contribution in [0.3, 0.4) is 0 Å². The summed E-state index contributed by atoms with van der Waals surface area (Å²) in [5.74, 6) is 0.814. The summed E-state index contributed by atoms with van der Waals surface area (Å²) >= 11 is 1.52. The van der Waals surface area contributed by atoms with Crippen molar-refractivity contribution in [1.82, 2.24) is 20.0 Å². The van der Waals surface area contributed by atoms with Crippen LogP contribution in [-0.2, 0) is 6.54 Å². The van der Waals surface area contributed by atoms with Gasteiger partial charge in [0, 0.05) is 32.4 Å². The Hall–Kier alpha value is -2.02. The van der Waals surface area contributed by atoms with Crippen LogP contribution >= 0.6 is 11.3 Å². The van der Waals surface area contributed by atoms with E-state index in [9.17, 15) is 0 Å². The number of nitrogens with zero attached hydrogens (tertiary/aromatic N) is 4. The number of benzene rings is 1. The van der Waals surface area contributed by atoms with E-state index in [0.717, 1.165) is 29.2 Å². The van der Waals surface area contributed by atoms with Gasteiger partial charge in [-0.25, -0.2) is 15.0 Å². The van der Waals surface area contributed by atoms with Crippen LogP contribution in [0.5, 0.6) is 10.9 Å². The number of aromatic nitrogens is 2. The summed E-state index contributed by atoms with van der Waals surface area (Å²) in [6.07, 6.45) is 5.73. The summed E-state index contributed by atoms with van der Waals surface area (Å²) in [6.45, 7) is 6.58. The lowest BCUT2D eigenvalue weighted by atomic mass is 10.1. The number of pyridine rings is 1. The Morgan fingerprint density at radius 3 is 2.65 bits per heavy atom. The average molecular weight is 369 g/mol. The van der Waals surface area contributed by atoms with Gasteiger partial charge in [-0.15, -0.1) is 0 Å². The fraction of sp³-hybridized carbons (Fsp3) is 0.400. The molecule has 1 aromatic carbocycles. The lowest BCUT2D eigenvalue weighted by Crippen LogP contribution is -2.44. The van der Waals surface area contributed by atoms with Crippen molar-refractivity contribution in [2.24, 2.45) is 0 Å². The van der Waals surface area contributed by atoms with Crippen molar-refractivity contribution >= 4 is 21.7 Å². The Morgan fingerprint density at radius 1 is 1.12 bits per heavy atom. The fourth-order valence-electron chi connectivity index (χ4n) is 3.34. The maximum atomic E-state index is 5.91. The zero-order valence-electron chi connectivity index (χ0n) is 15.1. The van der Waals surface area contributed by atoms with Crippen LogP contribution in [-0.4, -0.2) is 39.6 Å². The molecule has 0 radical (unpaired) electrons. The van der Waals surface area contributed by atoms with E-state index in [-0.39, 0.29) is 0 Å². The third-order valence-electron chi connectivity index (χ3n) is 4.74. The van der Waals surface area contributed by atoms with Gasteiger partial charge in [0.15, 0.2) is 5.65 Å². The predicted molar refractivity (Wildman–Crippen MR) is 105 cm³/mol. The normalized spacial score (nSPS) is 15.6. The molecule has 3 aromatic rings. The molecule has 0 bridgehead atoms. The highest BCUT2D eigenvalue weighted by Gasteiger charge is 2.17. The van der Waals surface area contributed by atoms with Crippen molar-refractivity contribution in [3.63, 3.8) is 0 Å². The lowest BCUT2D eigenvalue weighted by Gasteiger charge is -2.37. The van der Waals surface area contributed by atoms with Gasteiger partial charge >= 0.3 is 0 Å². The highest BCUT2D eigenvalue weighted by Crippen LogP contribution is 2.30. The second-order valence-corrected chi connectivity index (χ2v) is 7.54. The monoisotopic (exact) mass is 368 g/mol. The number of hydrogen-bond donors (Lipinski definition) is 0. The quantitative estimate of drug-likeness (QED) is 0.630. The second kappa shape index (κ2) is 8.12. The highest BCUT2D eigenvalue weighted by atomic mass is 32.1. The molecule has 0 spiro atoms. The molecule has 2 aromatic heterocycles. The summed E-state index contributed by atoms with van der Waals surface area (Å²) in [7, 11) is 0. The maximum Gasteiger partial charge on any atom is 0.281 e. The summed E-state index contributed by atoms with van der Waals surface area (Å²) in [5, 5.41) is 5.59. The Bertz CT molecular complexity index is 809. The molecule has 0 unspecified atom stereocenters. The van der Waals surface area contributed by atoms with E-state index in [4.69, 9.17) is 4.74 Å². The van der Waals surface area contributed by atoms with Crippen LogP contribution in [0.15, 0.2) is 42.6 Å². The molecule has 0 saturated carbocycles. The van der Waals surface area contributed by atoms with Crippen LogP contribution in [0.2, 0.25) is 0 Å². The number of hydrazine groups is 1. The van der Waals surface area contributed by atoms with Gasteiger partial charge in [-0.3, -0.25) is 0 Å². The molecule has 26 heavy (non-hydrogen) atoms. The fourth-order valence-corrected chi connectivity index (χ4v) is 4.13. The standard InChI is InChI=1S/C20H24N4OS/c1-2-23(24-13-4-3-5-14-24)15-16-8-10-17(11-9-16)25-20-22-19-18(26-20)7-6-12-21-19/h6-12H,2-5,13-15H2,1H3. The van der Waals surface area contributed by atoms with Crippen molar-refractivity contribution in [3.05, 3.63) is 48.2 Å². The van der Waals surface area contributed by atoms with Gasteiger partial charge in [0.05, 0.1) is 4.70 Å². The lowest BCUT2D eigenvalue weighted by molar-refractivity contribution is -0.0426. The van der Waals surface area contributed by atoms with Crippen LogP contribution < -0.4 is 4.74 Å². The summed E-state index contributed by atoms with van der Waals surface area (Å²) in [5.41, 5.74) is 2.04. The first-order valence-corrected chi connectivity index (χ1v) is 10.1. The van der Waals surface area contributed by atoms with Crippen LogP contribution in [0.4, 0.5) is 0 Å². The van der Waals surface area contributed by atoms with Gasteiger partial charge in [-0.05, 0) is 42.7 Å². The first-order valence-electron chi connectivity index (χ1n) is 9.30. The minimum absolute atomic E-state index is 0.634. The Kier molecular flexibility index (Phi) is 5.43. The molecule has 4 rings (SSSR count). The number of rotatable bonds is 6. The van der Waals surface area contributed by atoms with Crippen molar-refractivity contribution in [1.29, 1.82) is 0 Å². The molecule has 0 aliphatic carbocycles. The zero-order valence-corrected chi connectivity index (χ0v) is 15.9. The number of thiazole rings is 1. The van der Waals surface area contributed by atoms with Crippen LogP contribution in [0.25, 0.3) is 10.3 Å². The van der Waals surface area contributed by atoms with E-state index >= 15 is 0 Å². The van der Waals surface area contributed by atoms with Crippen molar-refractivity contribution in [2.75, 3.05) is 19.6 Å². The molecule has 3 heterocycles. The molecule has 5 nitrogen and oxygen atoms in total. The molecule has 0 N–H and O–H groups in total. The van der Waals surface area contributed by atoms with Gasteiger partial charge in [0.2, 0.25) is 0 Å². The largest absolute Gasteiger partial charge is 0.431 e. The van der Waals surface area contributed by atoms with Crippen LogP contribution in [0, 0.1) is 0 Å². The van der Waals surface area contributed by atoms with Crippen molar-refractivity contribution < 1.29 is 4.74 Å². The van der Waals surface area contributed by atoms with Crippen molar-refractivity contribution in [3.8, 4) is 10.9 Å². The molecular weight excluding hydrogens is 344 g/mol. The van der Waals surface area contributed by atoms with E-state index in [2.05, 4.69) is 39.0 Å². The van der Waals surface area contributed by atoms with E-state index < -0.39 is 0 Å². The first-order chi connectivity index (χ1) is 12.8. The molecule has 6 heteroatoms. The minimum Gasteiger partial charge on any atom is -0.431 e. The number of ether oxygens (including phenoxy) is 1. The van der Waals surface area contributed by atoms with E-state index in [1.807, 2.05) is 24.3 Å². The van der Waals surface area contributed by atoms with Crippen LogP contribution in [0.1, 0.15) is 31.7 Å². The average Bonchev–Trinajstić information content (AvgIpc) is 3.10. The Balaban J connectivity index is 1.41. The molecule has 0 amide bonds. The van der Waals surface area contributed by atoms with Crippen molar-refractivity contribution in [2.45, 2.75) is 32.7 Å². The molecule has 1 aliphatic rings. The predicted octanol–water partition coefficient (Wildman–Crippen LogP) is 4.71. The zero-order chi connectivity index (χ0) is 17.8. The summed E-state index contributed by atoms with van der Waals surface area (Å²) in [4.78, 5) is 8.68. The molecule has 136 valence electrons. The van der Waals surface area contributed by atoms with E-state index in [1.165, 1.54) is 49.3 Å². The molecular formula is C20H24N4OS. The second-order valence-electron chi connectivity index (χ2n) is 6.55. The third-order valence-corrected chi connectivity index (χ3v) is 5.62. The number of piperidine rings is 1. The SMILES string of the molecule is CCN(Cc1ccc(Oc2nc3ncccc3s2)cc1)N1CCCCC1. The molecule has 0 atom stereocenters. The number of hydrogen-bond acceptors (Lipinski definition) is 6. The van der Waals surface area contributed by atoms with Gasteiger partial charge in [0.1, 0.15) is 5.75 Å². The molecule has 1 fully saturated rings. The third kappa shape index (κ3) is 4.03. The number of fused-ring (bicyclic) bond motifs is 1. The minimum atomic E-state index is 0.634. The summed E-state index contributed by atoms with van der Waals surface area (Å²) < 4.78 is 6.95. The topological polar surface area (TPSA) is 41.5 Å². The molecule has 1 saturated heterocycles. The van der Waals surface area contributed by atoms with E-state index in [0.29, 0.717) is 5.19 Å². The van der Waals surface area contributed by atoms with Gasteiger partial charge in [0.25, 0.3) is 5.19 Å². The van der Waals surface area contributed by atoms with Gasteiger partial charge in [-0.2, -0.15) is 4.98 Å². The molecule has 1 aliphatic heterocycles. The van der Waals surface area contributed by atoms with Gasteiger partial charge in [-0.1, -0.05) is 36.8 Å². The Morgan fingerprint density at radius 2 is 1.92 bits per heavy atom. The Labute approximate surface area is 158 Å². The van der Waals surface area contributed by atoms with Gasteiger partial charge < -0.3 is 4.74 Å². The smallest absolute Gasteiger partial charge is 0.281 e. The van der Waals surface area contributed by atoms with E-state index in [1.54, 1.807) is 6.20 Å². The highest BCUT2D eigenvalue weighted by molar-refractivity contribution is 7.20.